The van der Waals surface area contributed by atoms with Crippen molar-refractivity contribution in [3.8, 4) is 0 Å². The van der Waals surface area contributed by atoms with Crippen LogP contribution in [-0.4, -0.2) is 78.1 Å². The third-order valence-corrected chi connectivity index (χ3v) is 5.68. The number of nitrogens with zero attached hydrogens (tertiary/aromatic N) is 8. The van der Waals surface area contributed by atoms with E-state index in [1.807, 2.05) is 0 Å². The van der Waals surface area contributed by atoms with E-state index < -0.39 is 49.6 Å². The topological polar surface area (TPSA) is 230 Å². The lowest BCUT2D eigenvalue weighted by Gasteiger charge is -2.28. The van der Waals surface area contributed by atoms with Crippen LogP contribution in [0, 0.1) is 11.6 Å². The maximum atomic E-state index is 14.1. The number of rotatable bonds is 11. The lowest BCUT2D eigenvalue weighted by atomic mass is 9.93. The number of aliphatic hydroxyl groups is 2. The van der Waals surface area contributed by atoms with Crippen molar-refractivity contribution < 1.29 is 38.1 Å². The van der Waals surface area contributed by atoms with Gasteiger partial charge in [0.15, 0.2) is 0 Å². The molecule has 0 amide bonds. The number of nitrogen functional groups attached to an aromatic ring is 1. The lowest BCUT2D eigenvalue weighted by Crippen LogP contribution is -2.37. The predicted molar refractivity (Wildman–Crippen MR) is 132 cm³/mol. The van der Waals surface area contributed by atoms with Crippen LogP contribution >= 0.6 is 7.60 Å². The number of nitrogens with two attached hydrogens (primary N) is 1. The summed E-state index contributed by atoms with van der Waals surface area (Å²) in [5.74, 6) is -1.50. The number of aromatic nitrogens is 8. The molecular weight excluding hydrogens is 559 g/mol. The zero-order valence-corrected chi connectivity index (χ0v) is 21.6. The van der Waals surface area contributed by atoms with Crippen LogP contribution in [0.4, 0.5) is 14.6 Å². The van der Waals surface area contributed by atoms with Gasteiger partial charge in [-0.2, -0.15) is 15.2 Å². The van der Waals surface area contributed by atoms with E-state index in [-0.39, 0.29) is 31.0 Å². The molecule has 0 saturated carbocycles. The van der Waals surface area contributed by atoms with E-state index in [1.54, 1.807) is 0 Å². The number of hydrogen-bond donors (Lipinski definition) is 5. The van der Waals surface area contributed by atoms with Crippen molar-refractivity contribution in [2.24, 2.45) is 0 Å². The zero-order chi connectivity index (χ0) is 29.3. The monoisotopic (exact) mass is 585 g/mol. The Bertz CT molecular complexity index is 1430. The normalized spacial score (nSPS) is 12.6. The summed E-state index contributed by atoms with van der Waals surface area (Å²) in [6, 6.07) is 4.41. The Morgan fingerprint density at radius 3 is 2.17 bits per heavy atom. The molecular formula is C21H26F2N9O7P. The third-order valence-electron chi connectivity index (χ3n) is 5.19. The molecule has 4 aromatic rings. The van der Waals surface area contributed by atoms with Gasteiger partial charge in [-0.3, -0.25) is 9.13 Å². The van der Waals surface area contributed by atoms with Gasteiger partial charge in [-0.15, -0.1) is 0 Å². The largest absolute Gasteiger partial charge is 0.394 e. The fraction of sp³-hybridized carbons (Fsp3) is 0.333. The average molecular weight is 585 g/mol. The number of benzene rings is 1. The van der Waals surface area contributed by atoms with Crippen LogP contribution in [0.2, 0.25) is 0 Å². The first-order valence-electron chi connectivity index (χ1n) is 11.3. The molecule has 6 N–H and O–H groups in total. The maximum Gasteiger partial charge on any atom is 0.350 e. The molecule has 0 aliphatic heterocycles. The molecule has 216 valence electrons. The molecule has 19 heteroatoms. The van der Waals surface area contributed by atoms with Gasteiger partial charge in [0.2, 0.25) is 0 Å². The van der Waals surface area contributed by atoms with Crippen molar-refractivity contribution in [1.82, 2.24) is 39.1 Å². The minimum atomic E-state index is -4.31. The van der Waals surface area contributed by atoms with E-state index in [0.717, 1.165) is 16.7 Å². The standard InChI is InChI=1S/C13H12F2N6O.C8H14N3O6P/c14-10-1-2-11(12(15)3-10)13(22,4-20-8-16-6-18-20)5-21-9-17-7-19-21;9-7-1-2-11(8(13)10-7)3-6(4-12)17-5-18(14,15)16/h1-3,6-9,22H,4-5H2;1-2,6,12H,3-5H2,(H2,9,10,13)(H2,14,15,16)/t;6-/m.0/s1. The van der Waals surface area contributed by atoms with Gasteiger partial charge in [0.1, 0.15) is 54.7 Å². The van der Waals surface area contributed by atoms with Gasteiger partial charge in [-0.1, -0.05) is 6.07 Å². The van der Waals surface area contributed by atoms with Crippen LogP contribution in [0.15, 0.2) is 60.6 Å². The van der Waals surface area contributed by atoms with Gasteiger partial charge in [0.05, 0.1) is 32.3 Å². The van der Waals surface area contributed by atoms with Crippen LogP contribution in [0.3, 0.4) is 0 Å². The summed E-state index contributed by atoms with van der Waals surface area (Å²) in [6.07, 6.45) is 5.01. The summed E-state index contributed by atoms with van der Waals surface area (Å²) in [6.45, 7) is -0.718. The second kappa shape index (κ2) is 13.4. The highest BCUT2D eigenvalue weighted by Gasteiger charge is 2.34. The first-order chi connectivity index (χ1) is 18.9. The first kappa shape index (κ1) is 30.6. The van der Waals surface area contributed by atoms with Crippen molar-refractivity contribution >= 4 is 13.4 Å². The second-order valence-electron chi connectivity index (χ2n) is 8.39. The minimum absolute atomic E-state index is 0.0556. The molecule has 40 heavy (non-hydrogen) atoms. The van der Waals surface area contributed by atoms with Crippen LogP contribution in [0.5, 0.6) is 0 Å². The Balaban J connectivity index is 0.000000226. The van der Waals surface area contributed by atoms with Gasteiger partial charge in [-0.05, 0) is 12.1 Å². The van der Waals surface area contributed by atoms with Crippen LogP contribution < -0.4 is 11.4 Å². The number of ether oxygens (including phenoxy) is 1. The average Bonchev–Trinajstić information content (AvgIpc) is 3.57. The number of hydrogen-bond acceptors (Lipinski definition) is 11. The molecule has 0 bridgehead atoms. The summed E-state index contributed by atoms with van der Waals surface area (Å²) in [5, 5.41) is 27.8. The van der Waals surface area contributed by atoms with E-state index in [4.69, 9.17) is 25.4 Å². The van der Waals surface area contributed by atoms with Crippen LogP contribution in [0.25, 0.3) is 0 Å². The lowest BCUT2D eigenvalue weighted by molar-refractivity contribution is -0.00856. The number of halogens is 2. The van der Waals surface area contributed by atoms with E-state index in [0.29, 0.717) is 0 Å². The van der Waals surface area contributed by atoms with Crippen molar-refractivity contribution in [3.63, 3.8) is 0 Å². The van der Waals surface area contributed by atoms with Gasteiger partial charge < -0.3 is 30.5 Å². The highest BCUT2D eigenvalue weighted by Crippen LogP contribution is 2.34. The molecule has 0 radical (unpaired) electrons. The fourth-order valence-electron chi connectivity index (χ4n) is 3.42. The smallest absolute Gasteiger partial charge is 0.350 e. The van der Waals surface area contributed by atoms with E-state index in [1.165, 1.54) is 53.0 Å². The van der Waals surface area contributed by atoms with Crippen molar-refractivity contribution in [3.05, 3.63) is 83.5 Å². The maximum absolute atomic E-state index is 14.1. The highest BCUT2D eigenvalue weighted by atomic mass is 31.2. The van der Waals surface area contributed by atoms with Gasteiger partial charge >= 0.3 is 13.3 Å². The molecule has 0 aliphatic carbocycles. The molecule has 0 spiro atoms. The Morgan fingerprint density at radius 2 is 1.70 bits per heavy atom. The molecule has 1 aromatic carbocycles. The summed E-state index contributed by atoms with van der Waals surface area (Å²) in [5.41, 5.74) is 2.92. The summed E-state index contributed by atoms with van der Waals surface area (Å²) in [7, 11) is -4.31. The molecule has 0 fully saturated rings. The summed E-state index contributed by atoms with van der Waals surface area (Å²) >= 11 is 0. The molecule has 0 unspecified atom stereocenters. The Morgan fingerprint density at radius 1 is 1.07 bits per heavy atom. The predicted octanol–water partition coefficient (Wildman–Crippen LogP) is -0.926. The fourth-order valence-corrected chi connectivity index (χ4v) is 3.82. The van der Waals surface area contributed by atoms with Crippen molar-refractivity contribution in [2.45, 2.75) is 31.3 Å². The Labute approximate surface area is 224 Å². The molecule has 0 saturated heterocycles. The quantitative estimate of drug-likeness (QED) is 0.134. The van der Waals surface area contributed by atoms with Crippen LogP contribution in [0.1, 0.15) is 5.56 Å². The summed E-state index contributed by atoms with van der Waals surface area (Å²) in [4.78, 5) is 39.7. The van der Waals surface area contributed by atoms with E-state index >= 15 is 0 Å². The first-order valence-corrected chi connectivity index (χ1v) is 13.1. The molecule has 1 atom stereocenters. The highest BCUT2D eigenvalue weighted by molar-refractivity contribution is 7.51. The van der Waals surface area contributed by atoms with Gasteiger partial charge in [-0.25, -0.2) is 32.9 Å². The van der Waals surface area contributed by atoms with Gasteiger partial charge in [0, 0.05) is 17.8 Å². The molecule has 0 aliphatic rings. The number of aliphatic hydroxyl groups excluding tert-OH is 1. The Kier molecular flexibility index (Phi) is 10.3. The molecule has 3 heterocycles. The van der Waals surface area contributed by atoms with Crippen molar-refractivity contribution in [1.29, 1.82) is 0 Å². The minimum Gasteiger partial charge on any atom is -0.394 e. The van der Waals surface area contributed by atoms with Crippen molar-refractivity contribution in [2.75, 3.05) is 18.7 Å². The molecule has 16 nitrogen and oxygen atoms in total. The van der Waals surface area contributed by atoms with Crippen LogP contribution in [-0.2, 0) is 34.5 Å². The SMILES string of the molecule is Nc1ccn(C[C@@H](CO)OCP(=O)(O)O)c(=O)n1.OC(Cn1cncn1)(Cn1cncn1)c1ccc(F)cc1F. The number of anilines is 1. The second-order valence-corrected chi connectivity index (χ2v) is 9.98. The molecule has 3 aromatic heterocycles. The zero-order valence-electron chi connectivity index (χ0n) is 20.7. The summed E-state index contributed by atoms with van der Waals surface area (Å²) < 4.78 is 46.5. The third kappa shape index (κ3) is 9.08. The Hall–Kier alpha value is -3.93. The van der Waals surface area contributed by atoms with E-state index in [2.05, 4.69) is 25.1 Å². The van der Waals surface area contributed by atoms with Gasteiger partial charge in [0.25, 0.3) is 0 Å². The molecule has 4 rings (SSSR count). The van der Waals surface area contributed by atoms with E-state index in [9.17, 15) is 23.2 Å².